The van der Waals surface area contributed by atoms with Crippen molar-refractivity contribution in [2.75, 3.05) is 6.26 Å². The number of hydrogen-bond acceptors (Lipinski definition) is 3. The van der Waals surface area contributed by atoms with E-state index in [0.29, 0.717) is 6.26 Å². The number of fused-ring (bicyclic) bond motifs is 2. The van der Waals surface area contributed by atoms with E-state index in [0.717, 1.165) is 11.2 Å². The van der Waals surface area contributed by atoms with Gasteiger partial charge in [0.15, 0.2) is 6.21 Å². The lowest BCUT2D eigenvalue weighted by Crippen LogP contribution is -2.58. The van der Waals surface area contributed by atoms with E-state index in [1.807, 2.05) is 0 Å². The van der Waals surface area contributed by atoms with Gasteiger partial charge in [-0.2, -0.15) is 0 Å². The summed E-state index contributed by atoms with van der Waals surface area (Å²) in [5.74, 6) is 0. The molecular formula is C30H24N2O3S. The number of aromatic amines is 1. The van der Waals surface area contributed by atoms with Crippen molar-refractivity contribution in [3.05, 3.63) is 126 Å². The topological polar surface area (TPSA) is 87.0 Å². The maximum atomic E-state index is 9.08. The molecule has 36 heavy (non-hydrogen) atoms. The molecule has 0 bridgehead atoms. The number of hydrogen-bond donors (Lipinski definition) is 2. The molecule has 6 heteroatoms. The molecule has 0 atom stereocenters. The number of H-pyrrole nitrogens is 1. The Hall–Kier alpha value is -4.26. The summed E-state index contributed by atoms with van der Waals surface area (Å²) in [4.78, 5) is 6.91. The molecule has 1 aliphatic rings. The number of benzene rings is 4. The summed E-state index contributed by atoms with van der Waals surface area (Å²) in [5, 5.41) is 1.23. The molecule has 0 unspecified atom stereocenters. The van der Waals surface area contributed by atoms with E-state index in [1.54, 1.807) is 0 Å². The van der Waals surface area contributed by atoms with Gasteiger partial charge in [0.05, 0.1) is 21.3 Å². The fourth-order valence-corrected chi connectivity index (χ4v) is 4.47. The van der Waals surface area contributed by atoms with Crippen LogP contribution in [0.5, 0.6) is 0 Å². The van der Waals surface area contributed by atoms with Gasteiger partial charge in [0.25, 0.3) is 0 Å². The molecule has 1 aromatic heterocycles. The Kier molecular flexibility index (Phi) is 6.38. The van der Waals surface area contributed by atoms with Gasteiger partial charge in [0.1, 0.15) is 0 Å². The van der Waals surface area contributed by atoms with Gasteiger partial charge < -0.3 is 9.54 Å². The van der Waals surface area contributed by atoms with Crippen LogP contribution < -0.4 is 4.99 Å². The van der Waals surface area contributed by atoms with Crippen LogP contribution in [-0.2, 0) is 10.1 Å². The van der Waals surface area contributed by atoms with E-state index in [-0.39, 0.29) is 0 Å². The van der Waals surface area contributed by atoms with E-state index in [2.05, 4.69) is 126 Å². The Bertz CT molecular complexity index is 1690. The molecule has 5 nitrogen and oxygen atoms in total. The molecule has 2 N–H and O–H groups in total. The highest BCUT2D eigenvalue weighted by Crippen LogP contribution is 2.38. The highest BCUT2D eigenvalue weighted by molar-refractivity contribution is 7.84. The molecule has 0 spiro atoms. The zero-order valence-electron chi connectivity index (χ0n) is 19.6. The molecular weight excluding hydrogens is 468 g/mol. The monoisotopic (exact) mass is 492 g/mol. The zero-order chi connectivity index (χ0) is 25.1. The van der Waals surface area contributed by atoms with Crippen LogP contribution in [0.3, 0.4) is 0 Å². The number of aromatic nitrogens is 1. The molecule has 0 radical (unpaired) electrons. The van der Waals surface area contributed by atoms with Gasteiger partial charge in [0.2, 0.25) is 5.69 Å². The van der Waals surface area contributed by atoms with Crippen LogP contribution in [0.2, 0.25) is 0 Å². The van der Waals surface area contributed by atoms with E-state index in [4.69, 9.17) is 13.0 Å². The molecule has 5 aromatic rings. The van der Waals surface area contributed by atoms with Gasteiger partial charge in [-0.15, -0.1) is 0 Å². The summed E-state index contributed by atoms with van der Waals surface area (Å²) in [7, 11) is -3.92. The van der Waals surface area contributed by atoms with Gasteiger partial charge in [-0.1, -0.05) is 84.9 Å². The van der Waals surface area contributed by atoms with E-state index in [1.165, 1.54) is 44.3 Å². The average molecular weight is 493 g/mol. The molecule has 4 aromatic carbocycles. The van der Waals surface area contributed by atoms with Crippen LogP contribution in [0, 0.1) is 0 Å². The normalized spacial score (nSPS) is 13.7. The van der Waals surface area contributed by atoms with Crippen molar-refractivity contribution in [1.82, 2.24) is 4.98 Å². The van der Waals surface area contributed by atoms with Crippen molar-refractivity contribution in [2.45, 2.75) is 0 Å². The van der Waals surface area contributed by atoms with Crippen LogP contribution in [0.15, 0.2) is 109 Å². The predicted octanol–water partition coefficient (Wildman–Crippen LogP) is 4.75. The quantitative estimate of drug-likeness (QED) is 0.356. The second-order valence-electron chi connectivity index (χ2n) is 8.52. The minimum absolute atomic E-state index is 0.604. The van der Waals surface area contributed by atoms with Crippen LogP contribution in [0.4, 0.5) is 5.69 Å². The lowest BCUT2D eigenvalue weighted by Gasteiger charge is -2.11. The van der Waals surface area contributed by atoms with E-state index >= 15 is 0 Å². The summed E-state index contributed by atoms with van der Waals surface area (Å²) in [6.07, 6.45) is 4.87. The summed E-state index contributed by atoms with van der Waals surface area (Å²) in [6.45, 7) is 0. The van der Waals surface area contributed by atoms with Crippen molar-refractivity contribution in [3.63, 3.8) is 0 Å². The number of rotatable bonds is 3. The van der Waals surface area contributed by atoms with Gasteiger partial charge >= 0.3 is 0 Å². The number of para-hydroxylation sites is 2. The van der Waals surface area contributed by atoms with Crippen LogP contribution in [0.25, 0.3) is 33.2 Å². The first-order valence-electron chi connectivity index (χ1n) is 11.4. The standard InChI is InChI=1S/C29H20N2.CH4O3S/c1-2-8-20(9-3-1)21-14-16-22(17-15-21)29(25-18-30-27-12-6-4-10-23(25)27)26-19-31-28-13-7-5-11-24(26)28;1-5(2,3)4/h1-19,30H;1H3,(H,2,3,4)/b29-26+;. The molecule has 0 saturated heterocycles. The van der Waals surface area contributed by atoms with E-state index in [9.17, 15) is 0 Å². The van der Waals surface area contributed by atoms with Gasteiger partial charge in [-0.3, -0.25) is 0 Å². The fourth-order valence-electron chi connectivity index (χ4n) is 4.47. The first-order chi connectivity index (χ1) is 17.4. The van der Waals surface area contributed by atoms with E-state index < -0.39 is 10.1 Å². The smallest absolute Gasteiger partial charge is 0.211 e. The Morgan fingerprint density at radius 3 is 2.14 bits per heavy atom. The Morgan fingerprint density at radius 1 is 0.778 bits per heavy atom. The highest BCUT2D eigenvalue weighted by Gasteiger charge is 2.24. The maximum Gasteiger partial charge on any atom is 0.211 e. The van der Waals surface area contributed by atoms with Crippen molar-refractivity contribution < 1.29 is 18.0 Å². The van der Waals surface area contributed by atoms with Crippen LogP contribution >= 0.6 is 0 Å². The Balaban J connectivity index is 0.000000489. The third kappa shape index (κ3) is 5.05. The molecule has 0 aliphatic carbocycles. The summed E-state index contributed by atoms with van der Waals surface area (Å²) < 4.78 is 27.2. The van der Waals surface area contributed by atoms with Gasteiger partial charge in [0, 0.05) is 40.6 Å². The molecule has 6 rings (SSSR count). The van der Waals surface area contributed by atoms with Crippen molar-refractivity contribution in [1.29, 1.82) is 0 Å². The summed E-state index contributed by atoms with van der Waals surface area (Å²) in [6, 6.07) is 36.4. The first-order valence-corrected chi connectivity index (χ1v) is 13.3. The number of allylic oxidation sites excluding steroid dienone is 1. The van der Waals surface area contributed by atoms with Crippen molar-refractivity contribution in [2.24, 2.45) is 0 Å². The lowest BCUT2D eigenvalue weighted by atomic mass is 9.89. The summed E-state index contributed by atoms with van der Waals surface area (Å²) in [5.41, 5.74) is 10.8. The largest absolute Gasteiger partial charge is 0.748 e. The fraction of sp³-hybridized carbons (Fsp3) is 0.0333. The van der Waals surface area contributed by atoms with Crippen molar-refractivity contribution >= 4 is 44.1 Å². The molecule has 0 saturated carbocycles. The Labute approximate surface area is 210 Å². The second kappa shape index (κ2) is 9.77. The zero-order valence-corrected chi connectivity index (χ0v) is 20.4. The lowest BCUT2D eigenvalue weighted by molar-refractivity contribution is -0.342. The molecule has 2 heterocycles. The van der Waals surface area contributed by atoms with Crippen molar-refractivity contribution in [3.8, 4) is 11.1 Å². The minimum atomic E-state index is -3.92. The average Bonchev–Trinajstić information content (AvgIpc) is 3.50. The van der Waals surface area contributed by atoms with Crippen LogP contribution in [0.1, 0.15) is 16.7 Å². The highest BCUT2D eigenvalue weighted by atomic mass is 32.2. The second-order valence-corrected chi connectivity index (χ2v) is 9.93. The molecule has 0 amide bonds. The minimum Gasteiger partial charge on any atom is -0.748 e. The molecule has 178 valence electrons. The molecule has 0 fully saturated rings. The predicted molar refractivity (Wildman–Crippen MR) is 145 cm³/mol. The molecule has 1 aliphatic heterocycles. The first kappa shape index (κ1) is 23.5. The Morgan fingerprint density at radius 2 is 1.39 bits per heavy atom. The van der Waals surface area contributed by atoms with Gasteiger partial charge in [-0.05, 0) is 28.8 Å². The SMILES string of the molecule is C1=[NH+]c2ccccc2/C1=C(\c1ccc(-c2ccccc2)cc1)c1c[nH]c2ccccc12.CS(=O)(=O)[O-]. The maximum absolute atomic E-state index is 9.08. The number of nitrogens with one attached hydrogen (secondary N) is 2. The summed E-state index contributed by atoms with van der Waals surface area (Å²) >= 11 is 0. The van der Waals surface area contributed by atoms with Crippen LogP contribution in [-0.4, -0.2) is 30.4 Å². The third-order valence-corrected chi connectivity index (χ3v) is 6.00. The van der Waals surface area contributed by atoms with Gasteiger partial charge in [-0.25, -0.2) is 13.4 Å². The third-order valence-electron chi connectivity index (χ3n) is 6.00.